The van der Waals surface area contributed by atoms with E-state index in [4.69, 9.17) is 4.74 Å². The van der Waals surface area contributed by atoms with Crippen molar-refractivity contribution in [1.29, 1.82) is 0 Å². The number of benzene rings is 1. The van der Waals surface area contributed by atoms with Crippen molar-refractivity contribution in [1.82, 2.24) is 5.32 Å². The average molecular weight is 265 g/mol. The van der Waals surface area contributed by atoms with Gasteiger partial charge in [0.2, 0.25) is 0 Å². The summed E-state index contributed by atoms with van der Waals surface area (Å²) >= 11 is 0. The predicted octanol–water partition coefficient (Wildman–Crippen LogP) is 4.04. The molecule has 1 saturated carbocycles. The minimum absolute atomic E-state index is 0.0266. The van der Waals surface area contributed by atoms with Gasteiger partial charge in [-0.1, -0.05) is 0 Å². The van der Waals surface area contributed by atoms with Gasteiger partial charge in [-0.2, -0.15) is 0 Å². The minimum atomic E-state index is -0.221. The highest BCUT2D eigenvalue weighted by Gasteiger charge is 2.17. The lowest BCUT2D eigenvalue weighted by atomic mass is 10.1. The van der Waals surface area contributed by atoms with E-state index < -0.39 is 0 Å². The Labute approximate surface area is 115 Å². The zero-order valence-corrected chi connectivity index (χ0v) is 12.1. The van der Waals surface area contributed by atoms with Crippen molar-refractivity contribution in [3.8, 4) is 5.75 Å². The van der Waals surface area contributed by atoms with Crippen LogP contribution in [0.2, 0.25) is 0 Å². The van der Waals surface area contributed by atoms with Crippen LogP contribution in [-0.2, 0) is 6.54 Å². The van der Waals surface area contributed by atoms with E-state index in [0.717, 1.165) is 18.4 Å². The molecule has 0 aromatic heterocycles. The topological polar surface area (TPSA) is 21.3 Å². The first-order valence-electron chi connectivity index (χ1n) is 7.13. The van der Waals surface area contributed by atoms with Gasteiger partial charge in [-0.15, -0.1) is 0 Å². The van der Waals surface area contributed by atoms with Crippen LogP contribution in [0.5, 0.6) is 5.75 Å². The zero-order chi connectivity index (χ0) is 13.9. The molecule has 1 N–H and O–H groups in total. The largest absolute Gasteiger partial charge is 0.490 e. The highest BCUT2D eigenvalue weighted by atomic mass is 19.1. The molecule has 0 spiro atoms. The first kappa shape index (κ1) is 14.3. The maximum Gasteiger partial charge on any atom is 0.127 e. The second kappa shape index (κ2) is 5.91. The standard InChI is InChI=1S/C16H24FNO/c1-16(2,3)18-11-12-8-13(17)10-15(9-12)19-14-6-4-5-7-14/h8-10,14,18H,4-7,11H2,1-3H3. The molecule has 0 saturated heterocycles. The lowest BCUT2D eigenvalue weighted by molar-refractivity contribution is 0.209. The molecule has 0 bridgehead atoms. The second-order valence-corrected chi connectivity index (χ2v) is 6.42. The number of hydrogen-bond acceptors (Lipinski definition) is 2. The van der Waals surface area contributed by atoms with E-state index in [1.165, 1.54) is 18.9 Å². The van der Waals surface area contributed by atoms with Crippen molar-refractivity contribution in [3.63, 3.8) is 0 Å². The van der Waals surface area contributed by atoms with Gasteiger partial charge >= 0.3 is 0 Å². The number of rotatable bonds is 4. The molecule has 1 aliphatic rings. The number of halogens is 1. The summed E-state index contributed by atoms with van der Waals surface area (Å²) in [6.07, 6.45) is 4.89. The monoisotopic (exact) mass is 265 g/mol. The summed E-state index contributed by atoms with van der Waals surface area (Å²) in [4.78, 5) is 0. The molecular formula is C16H24FNO. The molecule has 1 aromatic carbocycles. The van der Waals surface area contributed by atoms with Crippen molar-refractivity contribution < 1.29 is 9.13 Å². The third-order valence-electron chi connectivity index (χ3n) is 3.36. The van der Waals surface area contributed by atoms with Crippen LogP contribution in [0.4, 0.5) is 4.39 Å². The van der Waals surface area contributed by atoms with E-state index in [0.29, 0.717) is 12.3 Å². The molecule has 0 heterocycles. The summed E-state index contributed by atoms with van der Waals surface area (Å²) in [6, 6.07) is 5.00. The van der Waals surface area contributed by atoms with Crippen molar-refractivity contribution in [3.05, 3.63) is 29.6 Å². The molecule has 0 unspecified atom stereocenters. The third-order valence-corrected chi connectivity index (χ3v) is 3.36. The summed E-state index contributed by atoms with van der Waals surface area (Å²) in [6.45, 7) is 6.95. The fraction of sp³-hybridized carbons (Fsp3) is 0.625. The van der Waals surface area contributed by atoms with Crippen molar-refractivity contribution in [2.24, 2.45) is 0 Å². The van der Waals surface area contributed by atoms with Crippen molar-refractivity contribution in [2.75, 3.05) is 0 Å². The van der Waals surface area contributed by atoms with Crippen LogP contribution < -0.4 is 10.1 Å². The number of ether oxygens (including phenoxy) is 1. The molecule has 0 atom stereocenters. The Morgan fingerprint density at radius 1 is 1.21 bits per heavy atom. The van der Waals surface area contributed by atoms with E-state index >= 15 is 0 Å². The van der Waals surface area contributed by atoms with Gasteiger partial charge in [0.1, 0.15) is 11.6 Å². The Hall–Kier alpha value is -1.09. The van der Waals surface area contributed by atoms with Crippen LogP contribution in [0.15, 0.2) is 18.2 Å². The van der Waals surface area contributed by atoms with Crippen LogP contribution >= 0.6 is 0 Å². The fourth-order valence-corrected chi connectivity index (χ4v) is 2.36. The molecule has 0 amide bonds. The fourth-order valence-electron chi connectivity index (χ4n) is 2.36. The van der Waals surface area contributed by atoms with Gasteiger partial charge < -0.3 is 10.1 Å². The summed E-state index contributed by atoms with van der Waals surface area (Å²) in [5.41, 5.74) is 0.960. The number of nitrogens with one attached hydrogen (secondary N) is 1. The van der Waals surface area contributed by atoms with Gasteiger partial charge in [-0.25, -0.2) is 4.39 Å². The molecule has 0 aliphatic heterocycles. The van der Waals surface area contributed by atoms with Crippen LogP contribution in [0, 0.1) is 5.82 Å². The quantitative estimate of drug-likeness (QED) is 0.887. The number of hydrogen-bond donors (Lipinski definition) is 1. The minimum Gasteiger partial charge on any atom is -0.490 e. The van der Waals surface area contributed by atoms with Gasteiger partial charge in [0.05, 0.1) is 6.10 Å². The summed E-state index contributed by atoms with van der Waals surface area (Å²) in [5, 5.41) is 3.36. The Kier molecular flexibility index (Phi) is 4.46. The van der Waals surface area contributed by atoms with E-state index in [2.05, 4.69) is 26.1 Å². The first-order chi connectivity index (χ1) is 8.92. The molecule has 19 heavy (non-hydrogen) atoms. The van der Waals surface area contributed by atoms with Crippen LogP contribution in [0.1, 0.15) is 52.0 Å². The predicted molar refractivity (Wildman–Crippen MR) is 75.9 cm³/mol. The van der Waals surface area contributed by atoms with E-state index in [9.17, 15) is 4.39 Å². The first-order valence-corrected chi connectivity index (χ1v) is 7.13. The van der Waals surface area contributed by atoms with Crippen LogP contribution in [0.25, 0.3) is 0 Å². The molecule has 1 aliphatic carbocycles. The summed E-state index contributed by atoms with van der Waals surface area (Å²) in [7, 11) is 0. The average Bonchev–Trinajstić information content (AvgIpc) is 2.77. The normalized spacial score (nSPS) is 16.8. The molecule has 3 heteroatoms. The maximum absolute atomic E-state index is 13.6. The second-order valence-electron chi connectivity index (χ2n) is 6.42. The lowest BCUT2D eigenvalue weighted by Gasteiger charge is -2.21. The molecule has 0 radical (unpaired) electrons. The Bertz CT molecular complexity index is 419. The van der Waals surface area contributed by atoms with Crippen molar-refractivity contribution >= 4 is 0 Å². The molecule has 2 rings (SSSR count). The summed E-state index contributed by atoms with van der Waals surface area (Å²) in [5.74, 6) is 0.443. The molecule has 1 fully saturated rings. The summed E-state index contributed by atoms with van der Waals surface area (Å²) < 4.78 is 19.5. The van der Waals surface area contributed by atoms with E-state index in [1.54, 1.807) is 6.07 Å². The maximum atomic E-state index is 13.6. The molecular weight excluding hydrogens is 241 g/mol. The lowest BCUT2D eigenvalue weighted by Crippen LogP contribution is -2.35. The Morgan fingerprint density at radius 2 is 1.89 bits per heavy atom. The molecule has 1 aromatic rings. The van der Waals surface area contributed by atoms with E-state index in [-0.39, 0.29) is 17.5 Å². The molecule has 106 valence electrons. The Morgan fingerprint density at radius 3 is 2.53 bits per heavy atom. The van der Waals surface area contributed by atoms with Crippen molar-refractivity contribution in [2.45, 2.75) is 64.6 Å². The highest BCUT2D eigenvalue weighted by Crippen LogP contribution is 2.25. The Balaban J connectivity index is 2.01. The zero-order valence-electron chi connectivity index (χ0n) is 12.1. The SMILES string of the molecule is CC(C)(C)NCc1cc(F)cc(OC2CCCC2)c1. The highest BCUT2D eigenvalue weighted by molar-refractivity contribution is 5.30. The van der Waals surface area contributed by atoms with Gasteiger partial charge in [-0.3, -0.25) is 0 Å². The van der Waals surface area contributed by atoms with Gasteiger partial charge in [0.25, 0.3) is 0 Å². The van der Waals surface area contributed by atoms with Crippen LogP contribution in [-0.4, -0.2) is 11.6 Å². The van der Waals surface area contributed by atoms with Gasteiger partial charge in [0.15, 0.2) is 0 Å². The molecule has 2 nitrogen and oxygen atoms in total. The van der Waals surface area contributed by atoms with Gasteiger partial charge in [0, 0.05) is 18.2 Å². The third kappa shape index (κ3) is 4.83. The van der Waals surface area contributed by atoms with E-state index in [1.807, 2.05) is 6.07 Å². The van der Waals surface area contributed by atoms with Crippen LogP contribution in [0.3, 0.4) is 0 Å². The van der Waals surface area contributed by atoms with Gasteiger partial charge in [-0.05, 0) is 64.2 Å². The smallest absolute Gasteiger partial charge is 0.127 e.